The minimum atomic E-state index is -0.529. The van der Waals surface area contributed by atoms with Crippen molar-refractivity contribution in [1.82, 2.24) is 14.9 Å². The topological polar surface area (TPSA) is 49.8 Å². The standard InChI is InChI=1S/C18H15F2N3OS/c1-11(14-4-2-3-5-15(14)20)22-17(24)16-10-21-18(25)23(16)13-8-6-12(19)7-9-13/h2-11H,1H3,(H,21,25)(H,22,24). The summed E-state index contributed by atoms with van der Waals surface area (Å²) in [5.74, 6) is -1.20. The number of nitrogens with one attached hydrogen (secondary N) is 2. The number of aromatic nitrogens is 2. The van der Waals surface area contributed by atoms with Gasteiger partial charge in [-0.1, -0.05) is 18.2 Å². The molecule has 25 heavy (non-hydrogen) atoms. The summed E-state index contributed by atoms with van der Waals surface area (Å²) in [6.45, 7) is 1.69. The molecule has 0 aliphatic heterocycles. The van der Waals surface area contributed by atoms with Crippen LogP contribution in [0.1, 0.15) is 29.0 Å². The number of H-pyrrole nitrogens is 1. The van der Waals surface area contributed by atoms with Crippen molar-refractivity contribution >= 4 is 18.1 Å². The van der Waals surface area contributed by atoms with Crippen LogP contribution in [0.4, 0.5) is 8.78 Å². The largest absolute Gasteiger partial charge is 0.344 e. The van der Waals surface area contributed by atoms with Crippen LogP contribution in [-0.4, -0.2) is 15.5 Å². The van der Waals surface area contributed by atoms with E-state index in [4.69, 9.17) is 12.2 Å². The first-order valence-electron chi connectivity index (χ1n) is 7.59. The number of hydrogen-bond donors (Lipinski definition) is 2. The van der Waals surface area contributed by atoms with E-state index >= 15 is 0 Å². The Hall–Kier alpha value is -2.80. The maximum atomic E-state index is 13.9. The number of benzene rings is 2. The maximum Gasteiger partial charge on any atom is 0.270 e. The van der Waals surface area contributed by atoms with Crippen LogP contribution in [-0.2, 0) is 0 Å². The van der Waals surface area contributed by atoms with E-state index in [0.717, 1.165) is 0 Å². The fourth-order valence-electron chi connectivity index (χ4n) is 2.56. The van der Waals surface area contributed by atoms with Crippen LogP contribution in [0.15, 0.2) is 54.7 Å². The van der Waals surface area contributed by atoms with E-state index in [1.807, 2.05) is 0 Å². The molecule has 0 spiro atoms. The molecule has 1 unspecified atom stereocenters. The molecule has 0 bridgehead atoms. The molecular weight excluding hydrogens is 344 g/mol. The third-order valence-electron chi connectivity index (χ3n) is 3.81. The predicted molar refractivity (Wildman–Crippen MR) is 93.2 cm³/mol. The number of nitrogens with zero attached hydrogens (tertiary/aromatic N) is 1. The molecule has 0 saturated heterocycles. The van der Waals surface area contributed by atoms with Gasteiger partial charge in [-0.15, -0.1) is 0 Å². The molecule has 3 rings (SSSR count). The molecule has 0 saturated carbocycles. The zero-order chi connectivity index (χ0) is 18.0. The fourth-order valence-corrected chi connectivity index (χ4v) is 2.82. The van der Waals surface area contributed by atoms with E-state index < -0.39 is 11.9 Å². The molecule has 0 radical (unpaired) electrons. The minimum absolute atomic E-state index is 0.250. The van der Waals surface area contributed by atoms with Crippen LogP contribution in [0.3, 0.4) is 0 Å². The number of halogens is 2. The Balaban J connectivity index is 1.90. The molecule has 1 heterocycles. The summed E-state index contributed by atoms with van der Waals surface area (Å²) in [6.07, 6.45) is 1.47. The van der Waals surface area contributed by atoms with Crippen molar-refractivity contribution in [1.29, 1.82) is 0 Å². The van der Waals surface area contributed by atoms with Gasteiger partial charge >= 0.3 is 0 Å². The highest BCUT2D eigenvalue weighted by Crippen LogP contribution is 2.18. The van der Waals surface area contributed by atoms with Gasteiger partial charge in [-0.2, -0.15) is 0 Å². The third kappa shape index (κ3) is 3.51. The second kappa shape index (κ2) is 6.98. The van der Waals surface area contributed by atoms with E-state index in [0.29, 0.717) is 16.0 Å². The van der Waals surface area contributed by atoms with Gasteiger partial charge in [0.05, 0.1) is 6.04 Å². The Morgan fingerprint density at radius 2 is 1.84 bits per heavy atom. The van der Waals surface area contributed by atoms with Crippen LogP contribution >= 0.6 is 12.2 Å². The molecular formula is C18H15F2N3OS. The van der Waals surface area contributed by atoms with E-state index in [1.54, 1.807) is 25.1 Å². The monoisotopic (exact) mass is 359 g/mol. The summed E-state index contributed by atoms with van der Waals surface area (Å²) in [6, 6.07) is 11.3. The number of carbonyl (C=O) groups is 1. The average molecular weight is 359 g/mol. The molecule has 7 heteroatoms. The van der Waals surface area contributed by atoms with Crippen LogP contribution < -0.4 is 5.32 Å². The Labute approximate surface area is 148 Å². The van der Waals surface area contributed by atoms with Gasteiger partial charge in [0.25, 0.3) is 5.91 Å². The van der Waals surface area contributed by atoms with Crippen molar-refractivity contribution < 1.29 is 13.6 Å². The second-order valence-electron chi connectivity index (χ2n) is 5.51. The van der Waals surface area contributed by atoms with Crippen molar-refractivity contribution in [2.45, 2.75) is 13.0 Å². The van der Waals surface area contributed by atoms with Crippen LogP contribution in [0.5, 0.6) is 0 Å². The lowest BCUT2D eigenvalue weighted by Crippen LogP contribution is -2.29. The number of aromatic amines is 1. The smallest absolute Gasteiger partial charge is 0.270 e. The Bertz CT molecular complexity index is 963. The molecule has 2 N–H and O–H groups in total. The summed E-state index contributed by atoms with van der Waals surface area (Å²) in [7, 11) is 0. The molecule has 1 atom stereocenters. The Kier molecular flexibility index (Phi) is 4.76. The molecule has 1 amide bonds. The molecule has 128 valence electrons. The van der Waals surface area contributed by atoms with Crippen molar-refractivity contribution in [3.63, 3.8) is 0 Å². The lowest BCUT2D eigenvalue weighted by Gasteiger charge is -2.16. The Morgan fingerprint density at radius 3 is 2.52 bits per heavy atom. The van der Waals surface area contributed by atoms with Crippen LogP contribution in [0.2, 0.25) is 0 Å². The third-order valence-corrected chi connectivity index (χ3v) is 4.11. The normalized spacial score (nSPS) is 12.0. The molecule has 0 aliphatic carbocycles. The highest BCUT2D eigenvalue weighted by Gasteiger charge is 2.18. The fraction of sp³-hybridized carbons (Fsp3) is 0.111. The SMILES string of the molecule is CC(NC(=O)c1c[nH]c(=S)n1-c1ccc(F)cc1)c1ccccc1F. The summed E-state index contributed by atoms with van der Waals surface area (Å²) >= 11 is 5.21. The van der Waals surface area contributed by atoms with Gasteiger partial charge < -0.3 is 10.3 Å². The molecule has 1 aromatic heterocycles. The lowest BCUT2D eigenvalue weighted by molar-refractivity contribution is 0.0932. The molecule has 4 nitrogen and oxygen atoms in total. The number of rotatable bonds is 4. The highest BCUT2D eigenvalue weighted by molar-refractivity contribution is 7.71. The van der Waals surface area contributed by atoms with Gasteiger partial charge in [0, 0.05) is 17.4 Å². The number of carbonyl (C=O) groups excluding carboxylic acids is 1. The Morgan fingerprint density at radius 1 is 1.16 bits per heavy atom. The van der Waals surface area contributed by atoms with E-state index in [9.17, 15) is 13.6 Å². The van der Waals surface area contributed by atoms with Crippen molar-refractivity contribution in [2.75, 3.05) is 0 Å². The maximum absolute atomic E-state index is 13.9. The zero-order valence-corrected chi connectivity index (χ0v) is 14.1. The van der Waals surface area contributed by atoms with Gasteiger partial charge in [-0.05, 0) is 49.5 Å². The first kappa shape index (κ1) is 17.0. The molecule has 3 aromatic rings. The van der Waals surface area contributed by atoms with Crippen molar-refractivity contribution in [3.05, 3.63) is 82.4 Å². The molecule has 2 aromatic carbocycles. The zero-order valence-electron chi connectivity index (χ0n) is 13.3. The van der Waals surface area contributed by atoms with Crippen molar-refractivity contribution in [3.8, 4) is 5.69 Å². The van der Waals surface area contributed by atoms with E-state index in [-0.39, 0.29) is 17.3 Å². The lowest BCUT2D eigenvalue weighted by atomic mass is 10.1. The number of imidazole rings is 1. The van der Waals surface area contributed by atoms with E-state index in [1.165, 1.54) is 41.1 Å². The van der Waals surface area contributed by atoms with Crippen molar-refractivity contribution in [2.24, 2.45) is 0 Å². The predicted octanol–water partition coefficient (Wildman–Crippen LogP) is 4.30. The van der Waals surface area contributed by atoms with Crippen LogP contribution in [0, 0.1) is 16.4 Å². The first-order valence-corrected chi connectivity index (χ1v) is 8.00. The van der Waals surface area contributed by atoms with Gasteiger partial charge in [0.1, 0.15) is 17.3 Å². The van der Waals surface area contributed by atoms with Gasteiger partial charge in [-0.25, -0.2) is 8.78 Å². The molecule has 0 aliphatic rings. The van der Waals surface area contributed by atoms with E-state index in [2.05, 4.69) is 10.3 Å². The average Bonchev–Trinajstić information content (AvgIpc) is 2.97. The second-order valence-corrected chi connectivity index (χ2v) is 5.89. The molecule has 0 fully saturated rings. The summed E-state index contributed by atoms with van der Waals surface area (Å²) in [5.41, 5.74) is 1.19. The highest BCUT2D eigenvalue weighted by atomic mass is 32.1. The minimum Gasteiger partial charge on any atom is -0.344 e. The van der Waals surface area contributed by atoms with Gasteiger partial charge in [-0.3, -0.25) is 9.36 Å². The number of hydrogen-bond acceptors (Lipinski definition) is 2. The first-order chi connectivity index (χ1) is 12.0. The summed E-state index contributed by atoms with van der Waals surface area (Å²) in [4.78, 5) is 15.4. The number of amides is 1. The quantitative estimate of drug-likeness (QED) is 0.682. The van der Waals surface area contributed by atoms with Gasteiger partial charge in [0.15, 0.2) is 4.77 Å². The van der Waals surface area contributed by atoms with Crippen LogP contribution in [0.25, 0.3) is 5.69 Å². The summed E-state index contributed by atoms with van der Waals surface area (Å²) < 4.78 is 28.8. The van der Waals surface area contributed by atoms with Gasteiger partial charge in [0.2, 0.25) is 0 Å². The summed E-state index contributed by atoms with van der Waals surface area (Å²) in [5, 5.41) is 2.75.